The summed E-state index contributed by atoms with van der Waals surface area (Å²) in [6.45, 7) is 3.04. The molecule has 1 heterocycles. The van der Waals surface area contributed by atoms with Crippen molar-refractivity contribution in [1.82, 2.24) is 4.90 Å². The Morgan fingerprint density at radius 2 is 2.25 bits per heavy atom. The fraction of sp³-hybridized carbons (Fsp3) is 0.917. The molecule has 1 aliphatic rings. The minimum atomic E-state index is -0.298. The van der Waals surface area contributed by atoms with Gasteiger partial charge in [-0.05, 0) is 38.2 Å². The molecule has 94 valence electrons. The van der Waals surface area contributed by atoms with E-state index in [1.165, 1.54) is 12.8 Å². The molecule has 1 aliphatic heterocycles. The van der Waals surface area contributed by atoms with Crippen LogP contribution in [0, 0.1) is 0 Å². The van der Waals surface area contributed by atoms with E-state index in [0.717, 1.165) is 31.6 Å². The molecule has 0 aromatic rings. The molecule has 0 aromatic heterocycles. The third-order valence-corrected chi connectivity index (χ3v) is 3.93. The normalized spacial score (nSPS) is 23.9. The number of nitrogens with zero attached hydrogens (tertiary/aromatic N) is 1. The van der Waals surface area contributed by atoms with Crippen LogP contribution in [0.25, 0.3) is 0 Å². The van der Waals surface area contributed by atoms with Crippen LogP contribution in [0.3, 0.4) is 0 Å². The summed E-state index contributed by atoms with van der Waals surface area (Å²) in [4.78, 5) is 14.2. The van der Waals surface area contributed by atoms with E-state index in [-0.39, 0.29) is 11.9 Å². The highest BCUT2D eigenvalue weighted by Crippen LogP contribution is 2.17. The third kappa shape index (κ3) is 3.98. The maximum absolute atomic E-state index is 12.2. The second kappa shape index (κ2) is 7.17. The Bertz CT molecular complexity index is 223. The van der Waals surface area contributed by atoms with Crippen molar-refractivity contribution in [1.29, 1.82) is 0 Å². The van der Waals surface area contributed by atoms with Gasteiger partial charge in [-0.2, -0.15) is 11.8 Å². The molecule has 3 nitrogen and oxygen atoms in total. The van der Waals surface area contributed by atoms with Gasteiger partial charge >= 0.3 is 0 Å². The minimum Gasteiger partial charge on any atom is -0.339 e. The smallest absolute Gasteiger partial charge is 0.239 e. The molecule has 4 heteroatoms. The van der Waals surface area contributed by atoms with Crippen LogP contribution in [0.4, 0.5) is 0 Å². The number of amides is 1. The molecule has 0 aromatic carbocycles. The molecule has 1 rings (SSSR count). The van der Waals surface area contributed by atoms with Crippen molar-refractivity contribution in [3.05, 3.63) is 0 Å². The van der Waals surface area contributed by atoms with E-state index < -0.39 is 0 Å². The Kier molecular flexibility index (Phi) is 6.21. The molecule has 1 unspecified atom stereocenters. The molecule has 16 heavy (non-hydrogen) atoms. The van der Waals surface area contributed by atoms with Crippen molar-refractivity contribution in [2.75, 3.05) is 18.6 Å². The third-order valence-electron chi connectivity index (χ3n) is 3.29. The summed E-state index contributed by atoms with van der Waals surface area (Å²) in [7, 11) is 0. The highest BCUT2D eigenvalue weighted by atomic mass is 32.2. The zero-order valence-electron chi connectivity index (χ0n) is 10.4. The first-order valence-corrected chi connectivity index (χ1v) is 7.61. The molecule has 0 bridgehead atoms. The predicted octanol–water partition coefficient (Wildman–Crippen LogP) is 1.86. The standard InChI is InChI=1S/C12H24N2OS/c1-10-6-4-3-5-8-14(10)12(15)11(13)7-9-16-2/h10-11H,3-9,13H2,1-2H3/t10?,11-/m1/s1. The number of likely N-dealkylation sites (tertiary alicyclic amines) is 1. The molecule has 0 aliphatic carbocycles. The average Bonchev–Trinajstić information content (AvgIpc) is 2.49. The van der Waals surface area contributed by atoms with E-state index in [2.05, 4.69) is 6.92 Å². The first-order valence-electron chi connectivity index (χ1n) is 6.21. The summed E-state index contributed by atoms with van der Waals surface area (Å²) in [5.41, 5.74) is 5.94. The lowest BCUT2D eigenvalue weighted by Gasteiger charge is -2.29. The van der Waals surface area contributed by atoms with Crippen molar-refractivity contribution in [2.45, 2.75) is 51.1 Å². The van der Waals surface area contributed by atoms with Crippen LogP contribution in [0.15, 0.2) is 0 Å². The molecule has 0 spiro atoms. The minimum absolute atomic E-state index is 0.156. The van der Waals surface area contributed by atoms with Crippen LogP contribution in [0.2, 0.25) is 0 Å². The van der Waals surface area contributed by atoms with Gasteiger partial charge in [-0.1, -0.05) is 12.8 Å². The van der Waals surface area contributed by atoms with E-state index >= 15 is 0 Å². The van der Waals surface area contributed by atoms with Crippen LogP contribution >= 0.6 is 11.8 Å². The lowest BCUT2D eigenvalue weighted by molar-refractivity contribution is -0.134. The number of carbonyl (C=O) groups excluding carboxylic acids is 1. The van der Waals surface area contributed by atoms with Crippen molar-refractivity contribution < 1.29 is 4.79 Å². The predicted molar refractivity (Wildman–Crippen MR) is 70.6 cm³/mol. The monoisotopic (exact) mass is 244 g/mol. The van der Waals surface area contributed by atoms with E-state index in [1.54, 1.807) is 11.8 Å². The number of thioether (sulfide) groups is 1. The molecule has 2 atom stereocenters. The summed E-state index contributed by atoms with van der Waals surface area (Å²) in [5, 5.41) is 0. The maximum Gasteiger partial charge on any atom is 0.239 e. The van der Waals surface area contributed by atoms with Gasteiger partial charge in [-0.3, -0.25) is 4.79 Å². The zero-order valence-corrected chi connectivity index (χ0v) is 11.3. The number of rotatable bonds is 4. The first kappa shape index (κ1) is 13.8. The Labute approximate surface area is 103 Å². The summed E-state index contributed by atoms with van der Waals surface area (Å²) >= 11 is 1.75. The molecule has 1 saturated heterocycles. The summed E-state index contributed by atoms with van der Waals surface area (Å²) in [6.07, 6.45) is 7.58. The zero-order chi connectivity index (χ0) is 12.0. The fourth-order valence-corrected chi connectivity index (χ4v) is 2.67. The van der Waals surface area contributed by atoms with Crippen LogP contribution < -0.4 is 5.73 Å². The number of hydrogen-bond acceptors (Lipinski definition) is 3. The maximum atomic E-state index is 12.2. The largest absolute Gasteiger partial charge is 0.339 e. The van der Waals surface area contributed by atoms with Crippen LogP contribution in [0.5, 0.6) is 0 Å². The van der Waals surface area contributed by atoms with Gasteiger partial charge in [0.1, 0.15) is 0 Å². The van der Waals surface area contributed by atoms with Crippen LogP contribution in [-0.4, -0.2) is 41.4 Å². The summed E-state index contributed by atoms with van der Waals surface area (Å²) in [5.74, 6) is 1.12. The lowest BCUT2D eigenvalue weighted by atomic mass is 10.1. The van der Waals surface area contributed by atoms with Gasteiger partial charge in [-0.25, -0.2) is 0 Å². The molecule has 2 N–H and O–H groups in total. The molecule has 0 radical (unpaired) electrons. The fourth-order valence-electron chi connectivity index (χ4n) is 2.18. The quantitative estimate of drug-likeness (QED) is 0.821. The Morgan fingerprint density at radius 1 is 1.50 bits per heavy atom. The second-order valence-corrected chi connectivity index (χ2v) is 5.60. The van der Waals surface area contributed by atoms with Crippen LogP contribution in [0.1, 0.15) is 39.0 Å². The highest BCUT2D eigenvalue weighted by Gasteiger charge is 2.25. The lowest BCUT2D eigenvalue weighted by Crippen LogP contribution is -2.47. The topological polar surface area (TPSA) is 46.3 Å². The van der Waals surface area contributed by atoms with Gasteiger partial charge in [0, 0.05) is 12.6 Å². The number of nitrogens with two attached hydrogens (primary N) is 1. The van der Waals surface area contributed by atoms with Crippen LogP contribution in [-0.2, 0) is 4.79 Å². The Morgan fingerprint density at radius 3 is 2.94 bits per heavy atom. The van der Waals surface area contributed by atoms with E-state index in [0.29, 0.717) is 6.04 Å². The van der Waals surface area contributed by atoms with Crippen molar-refractivity contribution in [2.24, 2.45) is 5.73 Å². The first-order chi connectivity index (χ1) is 7.66. The van der Waals surface area contributed by atoms with Gasteiger partial charge < -0.3 is 10.6 Å². The van der Waals surface area contributed by atoms with Crippen molar-refractivity contribution >= 4 is 17.7 Å². The SMILES string of the molecule is CSCC[C@@H](N)C(=O)N1CCCCCC1C. The Balaban J connectivity index is 2.49. The average molecular weight is 244 g/mol. The molecular formula is C12H24N2OS. The van der Waals surface area contributed by atoms with E-state index in [4.69, 9.17) is 5.73 Å². The highest BCUT2D eigenvalue weighted by molar-refractivity contribution is 7.98. The second-order valence-electron chi connectivity index (χ2n) is 4.62. The van der Waals surface area contributed by atoms with Crippen molar-refractivity contribution in [3.63, 3.8) is 0 Å². The van der Waals surface area contributed by atoms with Gasteiger partial charge in [0.25, 0.3) is 0 Å². The van der Waals surface area contributed by atoms with Crippen molar-refractivity contribution in [3.8, 4) is 0 Å². The van der Waals surface area contributed by atoms with Gasteiger partial charge in [0.2, 0.25) is 5.91 Å². The molecule has 1 amide bonds. The molecular weight excluding hydrogens is 220 g/mol. The molecule has 0 saturated carbocycles. The number of carbonyl (C=O) groups is 1. The van der Waals surface area contributed by atoms with Gasteiger partial charge in [0.15, 0.2) is 0 Å². The number of hydrogen-bond donors (Lipinski definition) is 1. The summed E-state index contributed by atoms with van der Waals surface area (Å²) < 4.78 is 0. The van der Waals surface area contributed by atoms with Gasteiger partial charge in [-0.15, -0.1) is 0 Å². The van der Waals surface area contributed by atoms with Gasteiger partial charge in [0.05, 0.1) is 6.04 Å². The van der Waals surface area contributed by atoms with E-state index in [1.807, 2.05) is 11.2 Å². The molecule has 1 fully saturated rings. The summed E-state index contributed by atoms with van der Waals surface area (Å²) in [6, 6.07) is 0.0725. The Hall–Kier alpha value is -0.220. The van der Waals surface area contributed by atoms with E-state index in [9.17, 15) is 4.79 Å².